The smallest absolute Gasteiger partial charge is 0.253 e. The number of carbonyl (C=O) groups excluding carboxylic acids is 2. The van der Waals surface area contributed by atoms with E-state index in [-0.39, 0.29) is 17.7 Å². The fourth-order valence-electron chi connectivity index (χ4n) is 4.51. The third kappa shape index (κ3) is 4.78. The van der Waals surface area contributed by atoms with E-state index in [0.29, 0.717) is 32.1 Å². The van der Waals surface area contributed by atoms with Gasteiger partial charge in [-0.3, -0.25) is 14.6 Å². The van der Waals surface area contributed by atoms with Crippen LogP contribution in [0.4, 0.5) is 11.4 Å². The highest BCUT2D eigenvalue weighted by Crippen LogP contribution is 2.31. The Morgan fingerprint density at radius 2 is 1.75 bits per heavy atom. The number of likely N-dealkylation sites (tertiary alicyclic amines) is 1. The minimum Gasteiger partial charge on any atom is -0.381 e. The Labute approximate surface area is 189 Å². The van der Waals surface area contributed by atoms with Crippen LogP contribution in [0.2, 0.25) is 0 Å². The molecule has 2 aliphatic rings. The van der Waals surface area contributed by atoms with E-state index in [9.17, 15) is 14.7 Å². The van der Waals surface area contributed by atoms with Crippen molar-refractivity contribution < 1.29 is 14.7 Å². The van der Waals surface area contributed by atoms with Crippen LogP contribution in [-0.4, -0.2) is 58.6 Å². The van der Waals surface area contributed by atoms with Crippen LogP contribution in [0.1, 0.15) is 43.7 Å². The molecule has 0 spiro atoms. The van der Waals surface area contributed by atoms with Crippen molar-refractivity contribution in [3.8, 4) is 0 Å². The molecule has 0 aliphatic carbocycles. The first-order valence-corrected chi connectivity index (χ1v) is 11.3. The average Bonchev–Trinajstić information content (AvgIpc) is 2.73. The van der Waals surface area contributed by atoms with Crippen LogP contribution in [0, 0.1) is 12.8 Å². The van der Waals surface area contributed by atoms with Gasteiger partial charge in [-0.1, -0.05) is 12.1 Å². The van der Waals surface area contributed by atoms with Gasteiger partial charge in [0.15, 0.2) is 0 Å². The van der Waals surface area contributed by atoms with Crippen LogP contribution < -0.4 is 10.2 Å². The van der Waals surface area contributed by atoms with Gasteiger partial charge in [0.05, 0.1) is 17.8 Å². The van der Waals surface area contributed by atoms with Gasteiger partial charge in [-0.05, 0) is 68.9 Å². The predicted molar refractivity (Wildman–Crippen MR) is 125 cm³/mol. The zero-order chi connectivity index (χ0) is 22.9. The number of nitrogens with one attached hydrogen (secondary N) is 1. The van der Waals surface area contributed by atoms with Gasteiger partial charge in [0.25, 0.3) is 5.91 Å². The second kappa shape index (κ2) is 8.90. The molecule has 3 heterocycles. The first-order valence-electron chi connectivity index (χ1n) is 11.3. The van der Waals surface area contributed by atoms with Crippen molar-refractivity contribution in [2.24, 2.45) is 5.92 Å². The van der Waals surface area contributed by atoms with Gasteiger partial charge in [0.1, 0.15) is 5.60 Å². The third-order valence-corrected chi connectivity index (χ3v) is 6.56. The van der Waals surface area contributed by atoms with Crippen LogP contribution >= 0.6 is 0 Å². The lowest BCUT2D eigenvalue weighted by atomic mass is 9.88. The normalized spacial score (nSPS) is 17.8. The van der Waals surface area contributed by atoms with Gasteiger partial charge in [-0.25, -0.2) is 0 Å². The van der Waals surface area contributed by atoms with E-state index in [0.717, 1.165) is 24.2 Å². The summed E-state index contributed by atoms with van der Waals surface area (Å²) in [6, 6.07) is 10.0. The fraction of sp³-hybridized carbons (Fsp3) is 0.480. The topological polar surface area (TPSA) is 85.8 Å². The van der Waals surface area contributed by atoms with Gasteiger partial charge >= 0.3 is 0 Å². The standard InChI is InChI=1S/C25H32N4O3/c1-17-8-11-26-14-22(17)29-15-20(16-29)23(30)27-21-6-4-18(5-7-21)19-9-12-28(13-10-19)24(31)25(2,3)32/h4-8,11,14,19-20,32H,9-10,12-13,15-16H2,1-3H3,(H,27,30). The maximum absolute atomic E-state index is 12.6. The Morgan fingerprint density at radius 3 is 2.34 bits per heavy atom. The molecule has 7 nitrogen and oxygen atoms in total. The molecule has 2 fully saturated rings. The molecule has 0 saturated carbocycles. The van der Waals surface area contributed by atoms with E-state index < -0.39 is 5.60 Å². The number of hydrogen-bond donors (Lipinski definition) is 2. The number of pyridine rings is 1. The molecule has 2 amide bonds. The highest BCUT2D eigenvalue weighted by molar-refractivity contribution is 5.94. The zero-order valence-electron chi connectivity index (χ0n) is 19.0. The van der Waals surface area contributed by atoms with Crippen molar-refractivity contribution in [3.05, 3.63) is 53.9 Å². The lowest BCUT2D eigenvalue weighted by molar-refractivity contribution is -0.148. The van der Waals surface area contributed by atoms with E-state index in [1.54, 1.807) is 11.1 Å². The molecule has 2 aromatic rings. The van der Waals surface area contributed by atoms with Crippen molar-refractivity contribution in [1.29, 1.82) is 0 Å². The number of aromatic nitrogens is 1. The van der Waals surface area contributed by atoms with Crippen LogP contribution in [0.3, 0.4) is 0 Å². The number of hydrogen-bond acceptors (Lipinski definition) is 5. The van der Waals surface area contributed by atoms with Crippen molar-refractivity contribution in [3.63, 3.8) is 0 Å². The molecule has 0 bridgehead atoms. The Kier molecular flexibility index (Phi) is 6.20. The quantitative estimate of drug-likeness (QED) is 0.753. The molecule has 7 heteroatoms. The zero-order valence-corrected chi connectivity index (χ0v) is 19.0. The molecule has 1 aromatic heterocycles. The Morgan fingerprint density at radius 1 is 1.09 bits per heavy atom. The summed E-state index contributed by atoms with van der Waals surface area (Å²) in [5.41, 5.74) is 2.98. The molecule has 170 valence electrons. The number of rotatable bonds is 5. The molecule has 2 aliphatic heterocycles. The molecular weight excluding hydrogens is 404 g/mol. The molecule has 4 rings (SSSR count). The van der Waals surface area contributed by atoms with Crippen LogP contribution in [0.15, 0.2) is 42.7 Å². The average molecular weight is 437 g/mol. The number of carbonyl (C=O) groups is 2. The second-order valence-corrected chi connectivity index (χ2v) is 9.50. The SMILES string of the molecule is Cc1ccncc1N1CC(C(=O)Nc2ccc(C3CCN(C(=O)C(C)(C)O)CC3)cc2)C1. The van der Waals surface area contributed by atoms with E-state index in [2.05, 4.69) is 34.3 Å². The Hall–Kier alpha value is -2.93. The first kappa shape index (κ1) is 22.3. The monoisotopic (exact) mass is 436 g/mol. The van der Waals surface area contributed by atoms with Crippen LogP contribution in [0.25, 0.3) is 0 Å². The molecule has 0 radical (unpaired) electrons. The van der Waals surface area contributed by atoms with Crippen molar-refractivity contribution in [2.75, 3.05) is 36.4 Å². The summed E-state index contributed by atoms with van der Waals surface area (Å²) in [5.74, 6) is 0.205. The fourth-order valence-corrected chi connectivity index (χ4v) is 4.51. The van der Waals surface area contributed by atoms with Crippen molar-refractivity contribution in [2.45, 2.75) is 45.1 Å². The van der Waals surface area contributed by atoms with Crippen molar-refractivity contribution >= 4 is 23.2 Å². The summed E-state index contributed by atoms with van der Waals surface area (Å²) in [4.78, 5) is 33.0. The second-order valence-electron chi connectivity index (χ2n) is 9.50. The lowest BCUT2D eigenvalue weighted by Crippen LogP contribution is -2.52. The summed E-state index contributed by atoms with van der Waals surface area (Å²) in [5, 5.41) is 13.0. The molecule has 1 aromatic carbocycles. The Balaban J connectivity index is 1.26. The van der Waals surface area contributed by atoms with Crippen LogP contribution in [0.5, 0.6) is 0 Å². The summed E-state index contributed by atoms with van der Waals surface area (Å²) < 4.78 is 0. The Bertz CT molecular complexity index is 969. The number of amides is 2. The number of aliphatic hydroxyl groups is 1. The minimum absolute atomic E-state index is 0.0214. The van der Waals surface area contributed by atoms with Crippen LogP contribution in [-0.2, 0) is 9.59 Å². The largest absolute Gasteiger partial charge is 0.381 e. The van der Waals surface area contributed by atoms with Crippen molar-refractivity contribution in [1.82, 2.24) is 9.88 Å². The number of aryl methyl sites for hydroxylation is 1. The highest BCUT2D eigenvalue weighted by Gasteiger charge is 2.34. The summed E-state index contributed by atoms with van der Waals surface area (Å²) in [6.07, 6.45) is 5.39. The summed E-state index contributed by atoms with van der Waals surface area (Å²) in [6.45, 7) is 7.85. The third-order valence-electron chi connectivity index (χ3n) is 6.56. The molecule has 2 N–H and O–H groups in total. The molecule has 32 heavy (non-hydrogen) atoms. The van der Waals surface area contributed by atoms with Gasteiger partial charge in [-0.2, -0.15) is 0 Å². The highest BCUT2D eigenvalue weighted by atomic mass is 16.3. The number of anilines is 2. The van der Waals surface area contributed by atoms with Gasteiger partial charge < -0.3 is 20.2 Å². The summed E-state index contributed by atoms with van der Waals surface area (Å²) >= 11 is 0. The van der Waals surface area contributed by atoms with Gasteiger partial charge in [-0.15, -0.1) is 0 Å². The molecule has 0 unspecified atom stereocenters. The lowest BCUT2D eigenvalue weighted by Gasteiger charge is -2.40. The molecular formula is C25H32N4O3. The maximum atomic E-state index is 12.6. The van der Waals surface area contributed by atoms with E-state index in [1.807, 2.05) is 24.4 Å². The minimum atomic E-state index is -1.32. The molecule has 0 atom stereocenters. The number of benzene rings is 1. The maximum Gasteiger partial charge on any atom is 0.253 e. The van der Waals surface area contributed by atoms with Gasteiger partial charge in [0, 0.05) is 38.1 Å². The van der Waals surface area contributed by atoms with E-state index in [4.69, 9.17) is 0 Å². The number of piperidine rings is 1. The summed E-state index contributed by atoms with van der Waals surface area (Å²) in [7, 11) is 0. The number of nitrogens with zero attached hydrogens (tertiary/aromatic N) is 3. The predicted octanol–water partition coefficient (Wildman–Crippen LogP) is 2.94. The van der Waals surface area contributed by atoms with E-state index in [1.165, 1.54) is 25.0 Å². The first-order chi connectivity index (χ1) is 15.2. The molecule has 2 saturated heterocycles. The van der Waals surface area contributed by atoms with Gasteiger partial charge in [0.2, 0.25) is 5.91 Å². The van der Waals surface area contributed by atoms with E-state index >= 15 is 0 Å².